The zero-order valence-corrected chi connectivity index (χ0v) is 12.8. The van der Waals surface area contributed by atoms with Gasteiger partial charge in [0, 0.05) is 13.6 Å². The molecule has 0 aliphatic heterocycles. The number of unbranched alkanes of at least 4 members (excludes halogenated alkanes) is 1. The van der Waals surface area contributed by atoms with Gasteiger partial charge in [-0.25, -0.2) is 4.68 Å². The van der Waals surface area contributed by atoms with E-state index in [1.54, 1.807) is 11.7 Å². The fourth-order valence-corrected chi connectivity index (χ4v) is 2.12. The summed E-state index contributed by atoms with van der Waals surface area (Å²) in [6.07, 6.45) is 3.52. The molecule has 7 heteroatoms. The first kappa shape index (κ1) is 16.4. The quantitative estimate of drug-likeness (QED) is 0.426. The first-order chi connectivity index (χ1) is 9.47. The number of hydrogen-bond donors (Lipinski definition) is 1. The normalized spacial score (nSPS) is 11.1. The third-order valence-electron chi connectivity index (χ3n) is 3.09. The average molecular weight is 283 g/mol. The second kappa shape index (κ2) is 7.84. The van der Waals surface area contributed by atoms with Crippen molar-refractivity contribution in [3.63, 3.8) is 0 Å². The highest BCUT2D eigenvalue weighted by molar-refractivity contribution is 5.59. The standard InChI is InChI=1S/C13H25N5O2/c1-5-8-11-12(18(19)20)13(17(4)15-11)14-9-6-7-10-16(2)3/h14H,5-10H2,1-4H3. The van der Waals surface area contributed by atoms with Gasteiger partial charge >= 0.3 is 5.69 Å². The van der Waals surface area contributed by atoms with Gasteiger partial charge in [0.1, 0.15) is 5.69 Å². The van der Waals surface area contributed by atoms with E-state index in [0.29, 0.717) is 17.9 Å². The molecule has 0 saturated heterocycles. The van der Waals surface area contributed by atoms with Crippen molar-refractivity contribution in [3.8, 4) is 0 Å². The molecule has 7 nitrogen and oxygen atoms in total. The summed E-state index contributed by atoms with van der Waals surface area (Å²) in [7, 11) is 5.82. The topological polar surface area (TPSA) is 76.2 Å². The van der Waals surface area contributed by atoms with E-state index < -0.39 is 0 Å². The van der Waals surface area contributed by atoms with Gasteiger partial charge in [0.2, 0.25) is 5.82 Å². The van der Waals surface area contributed by atoms with Gasteiger partial charge in [-0.15, -0.1) is 0 Å². The van der Waals surface area contributed by atoms with Crippen LogP contribution < -0.4 is 5.32 Å². The van der Waals surface area contributed by atoms with Crippen molar-refractivity contribution in [2.75, 3.05) is 32.5 Å². The minimum atomic E-state index is -0.333. The second-order valence-corrected chi connectivity index (χ2v) is 5.21. The van der Waals surface area contributed by atoms with E-state index in [-0.39, 0.29) is 10.6 Å². The van der Waals surface area contributed by atoms with Crippen LogP contribution in [0.2, 0.25) is 0 Å². The lowest BCUT2D eigenvalue weighted by atomic mass is 10.2. The van der Waals surface area contributed by atoms with Gasteiger partial charge in [0.25, 0.3) is 0 Å². The number of aromatic nitrogens is 2. The van der Waals surface area contributed by atoms with E-state index in [1.807, 2.05) is 21.0 Å². The number of nitrogens with one attached hydrogen (secondary N) is 1. The molecule has 0 unspecified atom stereocenters. The number of anilines is 1. The molecule has 0 saturated carbocycles. The zero-order chi connectivity index (χ0) is 15.1. The van der Waals surface area contributed by atoms with Crippen molar-refractivity contribution in [1.29, 1.82) is 0 Å². The van der Waals surface area contributed by atoms with Crippen molar-refractivity contribution in [3.05, 3.63) is 15.8 Å². The Morgan fingerprint density at radius 2 is 2.10 bits per heavy atom. The largest absolute Gasteiger partial charge is 0.365 e. The summed E-state index contributed by atoms with van der Waals surface area (Å²) < 4.78 is 1.58. The lowest BCUT2D eigenvalue weighted by molar-refractivity contribution is -0.384. The van der Waals surface area contributed by atoms with Gasteiger partial charge in [0.15, 0.2) is 0 Å². The molecular weight excluding hydrogens is 258 g/mol. The Morgan fingerprint density at radius 1 is 1.40 bits per heavy atom. The van der Waals surface area contributed by atoms with Crippen molar-refractivity contribution >= 4 is 11.5 Å². The van der Waals surface area contributed by atoms with Crippen LogP contribution in [-0.2, 0) is 13.5 Å². The fraction of sp³-hybridized carbons (Fsp3) is 0.769. The lowest BCUT2D eigenvalue weighted by Crippen LogP contribution is -2.15. The lowest BCUT2D eigenvalue weighted by Gasteiger charge is -2.09. The maximum atomic E-state index is 11.2. The molecule has 0 aromatic carbocycles. The van der Waals surface area contributed by atoms with Gasteiger partial charge in [-0.1, -0.05) is 13.3 Å². The summed E-state index contributed by atoms with van der Waals surface area (Å²) in [6, 6.07) is 0. The minimum Gasteiger partial charge on any atom is -0.365 e. The number of hydrogen-bond acceptors (Lipinski definition) is 5. The molecule has 0 spiro atoms. The minimum absolute atomic E-state index is 0.127. The SMILES string of the molecule is CCCc1nn(C)c(NCCCCN(C)C)c1[N+](=O)[O-]. The monoisotopic (exact) mass is 283 g/mol. The zero-order valence-electron chi connectivity index (χ0n) is 12.8. The molecule has 0 aliphatic carbocycles. The molecule has 0 radical (unpaired) electrons. The predicted molar refractivity (Wildman–Crippen MR) is 80.1 cm³/mol. The van der Waals surface area contributed by atoms with Crippen molar-refractivity contribution < 1.29 is 4.92 Å². The molecule has 1 rings (SSSR count). The second-order valence-electron chi connectivity index (χ2n) is 5.21. The highest BCUT2D eigenvalue weighted by atomic mass is 16.6. The number of nitro groups is 1. The number of nitrogens with zero attached hydrogens (tertiary/aromatic N) is 4. The Bertz CT molecular complexity index is 442. The molecule has 1 aromatic rings. The smallest absolute Gasteiger partial charge is 0.333 e. The molecule has 0 aliphatic rings. The van der Waals surface area contributed by atoms with Crippen LogP contribution in [0.25, 0.3) is 0 Å². The van der Waals surface area contributed by atoms with Crippen LogP contribution in [0.15, 0.2) is 0 Å². The molecule has 0 bridgehead atoms. The molecule has 0 fully saturated rings. The van der Waals surface area contributed by atoms with Crippen LogP contribution in [-0.4, -0.2) is 46.8 Å². The van der Waals surface area contributed by atoms with Crippen molar-refractivity contribution in [1.82, 2.24) is 14.7 Å². The molecule has 1 aromatic heterocycles. The molecule has 114 valence electrons. The van der Waals surface area contributed by atoms with Gasteiger partial charge in [0.05, 0.1) is 4.92 Å². The van der Waals surface area contributed by atoms with E-state index >= 15 is 0 Å². The van der Waals surface area contributed by atoms with E-state index in [4.69, 9.17) is 0 Å². The average Bonchev–Trinajstić information content (AvgIpc) is 2.65. The first-order valence-electron chi connectivity index (χ1n) is 7.06. The number of rotatable bonds is 9. The Hall–Kier alpha value is -1.63. The summed E-state index contributed by atoms with van der Waals surface area (Å²) in [4.78, 5) is 13.0. The van der Waals surface area contributed by atoms with Gasteiger partial charge in [-0.2, -0.15) is 5.10 Å². The summed E-state index contributed by atoms with van der Waals surface area (Å²) >= 11 is 0. The van der Waals surface area contributed by atoms with Crippen molar-refractivity contribution in [2.45, 2.75) is 32.6 Å². The predicted octanol–water partition coefficient (Wildman–Crippen LogP) is 2.03. The Kier molecular flexibility index (Phi) is 6.44. The van der Waals surface area contributed by atoms with Gasteiger partial charge in [-0.05, 0) is 39.9 Å². The van der Waals surface area contributed by atoms with Crippen LogP contribution >= 0.6 is 0 Å². The van der Waals surface area contributed by atoms with Gasteiger partial charge in [-0.3, -0.25) is 10.1 Å². The molecule has 0 amide bonds. The van der Waals surface area contributed by atoms with E-state index in [9.17, 15) is 10.1 Å². The van der Waals surface area contributed by atoms with Gasteiger partial charge < -0.3 is 10.2 Å². The molecule has 0 atom stereocenters. The number of aryl methyl sites for hydroxylation is 2. The van der Waals surface area contributed by atoms with Crippen LogP contribution in [0.3, 0.4) is 0 Å². The van der Waals surface area contributed by atoms with E-state index in [1.165, 1.54) is 0 Å². The van der Waals surface area contributed by atoms with Crippen LogP contribution in [0.5, 0.6) is 0 Å². The first-order valence-corrected chi connectivity index (χ1v) is 7.06. The van der Waals surface area contributed by atoms with E-state index in [0.717, 1.165) is 32.4 Å². The van der Waals surface area contributed by atoms with Crippen LogP contribution in [0.4, 0.5) is 11.5 Å². The Labute approximate surface area is 120 Å². The molecule has 1 N–H and O–H groups in total. The maximum Gasteiger partial charge on any atom is 0.333 e. The highest BCUT2D eigenvalue weighted by Crippen LogP contribution is 2.28. The summed E-state index contributed by atoms with van der Waals surface area (Å²) in [5.74, 6) is 0.517. The highest BCUT2D eigenvalue weighted by Gasteiger charge is 2.25. The Balaban J connectivity index is 2.66. The third-order valence-corrected chi connectivity index (χ3v) is 3.09. The fourth-order valence-electron chi connectivity index (χ4n) is 2.12. The Morgan fingerprint density at radius 3 is 2.65 bits per heavy atom. The van der Waals surface area contributed by atoms with Crippen LogP contribution in [0, 0.1) is 10.1 Å². The third kappa shape index (κ3) is 4.48. The molecule has 1 heterocycles. The summed E-state index contributed by atoms with van der Waals surface area (Å²) in [6.45, 7) is 3.74. The molecular formula is C13H25N5O2. The van der Waals surface area contributed by atoms with Crippen molar-refractivity contribution in [2.24, 2.45) is 7.05 Å². The summed E-state index contributed by atoms with van der Waals surface area (Å²) in [5.41, 5.74) is 0.692. The summed E-state index contributed by atoms with van der Waals surface area (Å²) in [5, 5.41) is 18.6. The van der Waals surface area contributed by atoms with Crippen LogP contribution in [0.1, 0.15) is 31.9 Å². The molecule has 20 heavy (non-hydrogen) atoms. The van der Waals surface area contributed by atoms with E-state index in [2.05, 4.69) is 15.3 Å². The maximum absolute atomic E-state index is 11.2.